The largest absolute Gasteiger partial charge is 0.443 e. The second-order valence-electron chi connectivity index (χ2n) is 8.65. The van der Waals surface area contributed by atoms with Gasteiger partial charge in [0.25, 0.3) is 0 Å². The fraction of sp³-hybridized carbons (Fsp3) is 0.571. The van der Waals surface area contributed by atoms with Crippen LogP contribution in [0.3, 0.4) is 0 Å². The van der Waals surface area contributed by atoms with E-state index in [-0.39, 0.29) is 36.9 Å². The molecule has 2 heterocycles. The molecular weight excluding hydrogens is 358 g/mol. The van der Waals surface area contributed by atoms with Gasteiger partial charge in [-0.25, -0.2) is 9.69 Å². The molecule has 2 aliphatic rings. The van der Waals surface area contributed by atoms with Gasteiger partial charge in [-0.3, -0.25) is 14.5 Å². The van der Waals surface area contributed by atoms with Crippen LogP contribution in [0.25, 0.3) is 0 Å². The molecule has 1 aromatic carbocycles. The SMILES string of the molecule is C[C@@H]1CN(Cc2ccccc2)C[C@@H]2CC(=O)N(C(=O)OC(C)(C)C)CC(=O)N21. The smallest absolute Gasteiger partial charge is 0.417 e. The number of fused-ring (bicyclic) bond motifs is 1. The Morgan fingerprint density at radius 3 is 2.43 bits per heavy atom. The highest BCUT2D eigenvalue weighted by Crippen LogP contribution is 2.24. The molecule has 3 rings (SSSR count). The number of benzene rings is 1. The Balaban J connectivity index is 1.74. The van der Waals surface area contributed by atoms with Crippen molar-refractivity contribution in [3.8, 4) is 0 Å². The Morgan fingerprint density at radius 1 is 1.11 bits per heavy atom. The molecule has 3 amide bonds. The van der Waals surface area contributed by atoms with Gasteiger partial charge in [-0.2, -0.15) is 0 Å². The summed E-state index contributed by atoms with van der Waals surface area (Å²) in [4.78, 5) is 43.0. The summed E-state index contributed by atoms with van der Waals surface area (Å²) in [5.74, 6) is -0.558. The molecule has 152 valence electrons. The standard InChI is InChI=1S/C21H29N3O4/c1-15-11-22(12-16-8-6-5-7-9-16)13-17-10-18(25)23(14-19(26)24(15)17)20(27)28-21(2,3)4/h5-9,15,17H,10-14H2,1-4H3/t15-,17+/m1/s1. The second kappa shape index (κ2) is 7.91. The zero-order chi connectivity index (χ0) is 20.5. The van der Waals surface area contributed by atoms with E-state index in [0.29, 0.717) is 6.54 Å². The molecule has 1 aromatic rings. The van der Waals surface area contributed by atoms with Crippen LogP contribution < -0.4 is 0 Å². The fourth-order valence-electron chi connectivity index (χ4n) is 3.97. The summed E-state index contributed by atoms with van der Waals surface area (Å²) in [6.45, 7) is 9.07. The lowest BCUT2D eigenvalue weighted by atomic mass is 10.0. The van der Waals surface area contributed by atoms with Gasteiger partial charge in [0.2, 0.25) is 11.8 Å². The van der Waals surface area contributed by atoms with E-state index >= 15 is 0 Å². The Kier molecular flexibility index (Phi) is 5.74. The van der Waals surface area contributed by atoms with Crippen molar-refractivity contribution in [2.45, 2.75) is 58.3 Å². The average molecular weight is 387 g/mol. The molecule has 7 nitrogen and oxygen atoms in total. The van der Waals surface area contributed by atoms with Crippen molar-refractivity contribution in [1.82, 2.24) is 14.7 Å². The van der Waals surface area contributed by atoms with Crippen molar-refractivity contribution < 1.29 is 19.1 Å². The van der Waals surface area contributed by atoms with Crippen LogP contribution in [0.5, 0.6) is 0 Å². The topological polar surface area (TPSA) is 70.2 Å². The summed E-state index contributed by atoms with van der Waals surface area (Å²) in [6, 6.07) is 9.88. The van der Waals surface area contributed by atoms with E-state index in [0.717, 1.165) is 18.0 Å². The minimum Gasteiger partial charge on any atom is -0.443 e. The zero-order valence-electron chi connectivity index (χ0n) is 17.1. The quantitative estimate of drug-likeness (QED) is 0.779. The predicted octanol–water partition coefficient (Wildman–Crippen LogP) is 2.26. The van der Waals surface area contributed by atoms with Crippen molar-refractivity contribution in [3.05, 3.63) is 35.9 Å². The van der Waals surface area contributed by atoms with Crippen LogP contribution in [-0.4, -0.2) is 69.9 Å². The van der Waals surface area contributed by atoms with Gasteiger partial charge in [0.1, 0.15) is 12.1 Å². The van der Waals surface area contributed by atoms with Crippen LogP contribution >= 0.6 is 0 Å². The van der Waals surface area contributed by atoms with Gasteiger partial charge < -0.3 is 9.64 Å². The van der Waals surface area contributed by atoms with Gasteiger partial charge in [0.05, 0.1) is 6.04 Å². The summed E-state index contributed by atoms with van der Waals surface area (Å²) in [5, 5.41) is 0. The van der Waals surface area contributed by atoms with Crippen LogP contribution in [0, 0.1) is 0 Å². The molecule has 7 heteroatoms. The number of rotatable bonds is 2. The van der Waals surface area contributed by atoms with E-state index in [2.05, 4.69) is 17.0 Å². The zero-order valence-corrected chi connectivity index (χ0v) is 17.1. The molecule has 2 saturated heterocycles. The number of hydrogen-bond donors (Lipinski definition) is 0. The average Bonchev–Trinajstić information content (AvgIpc) is 2.70. The highest BCUT2D eigenvalue weighted by Gasteiger charge is 2.42. The lowest BCUT2D eigenvalue weighted by Crippen LogP contribution is -2.59. The summed E-state index contributed by atoms with van der Waals surface area (Å²) in [5.41, 5.74) is 0.476. The third-order valence-corrected chi connectivity index (χ3v) is 5.02. The molecule has 0 saturated carbocycles. The van der Waals surface area contributed by atoms with Crippen LogP contribution in [0.4, 0.5) is 4.79 Å². The number of piperazine rings is 1. The van der Waals surface area contributed by atoms with Crippen molar-refractivity contribution >= 4 is 17.9 Å². The highest BCUT2D eigenvalue weighted by molar-refractivity contribution is 5.98. The van der Waals surface area contributed by atoms with Gasteiger partial charge in [0, 0.05) is 32.1 Å². The summed E-state index contributed by atoms with van der Waals surface area (Å²) >= 11 is 0. The molecule has 2 atom stereocenters. The monoisotopic (exact) mass is 387 g/mol. The van der Waals surface area contributed by atoms with Crippen molar-refractivity contribution in [1.29, 1.82) is 0 Å². The molecular formula is C21H29N3O4. The number of carbonyl (C=O) groups excluding carboxylic acids is 3. The minimum atomic E-state index is -0.750. The number of ether oxygens (including phenoxy) is 1. The van der Waals surface area contributed by atoms with Crippen LogP contribution in [0.1, 0.15) is 39.7 Å². The Morgan fingerprint density at radius 2 is 1.79 bits per heavy atom. The first kappa shape index (κ1) is 20.3. The molecule has 0 radical (unpaired) electrons. The minimum absolute atomic E-state index is 0.0265. The van der Waals surface area contributed by atoms with Crippen LogP contribution in [0.2, 0.25) is 0 Å². The number of carbonyl (C=O) groups is 3. The molecule has 28 heavy (non-hydrogen) atoms. The van der Waals surface area contributed by atoms with Gasteiger partial charge in [-0.1, -0.05) is 30.3 Å². The van der Waals surface area contributed by atoms with Gasteiger partial charge in [-0.15, -0.1) is 0 Å². The Labute approximate surface area is 166 Å². The summed E-state index contributed by atoms with van der Waals surface area (Å²) in [6.07, 6.45) is -0.625. The number of amides is 3. The van der Waals surface area contributed by atoms with E-state index in [9.17, 15) is 14.4 Å². The molecule has 0 aromatic heterocycles. The number of nitrogens with zero attached hydrogens (tertiary/aromatic N) is 3. The van der Waals surface area contributed by atoms with Crippen molar-refractivity contribution in [2.75, 3.05) is 19.6 Å². The first-order valence-electron chi connectivity index (χ1n) is 9.75. The first-order chi connectivity index (χ1) is 13.1. The summed E-state index contributed by atoms with van der Waals surface area (Å²) < 4.78 is 5.32. The van der Waals surface area contributed by atoms with Gasteiger partial charge in [0.15, 0.2) is 0 Å². The summed E-state index contributed by atoms with van der Waals surface area (Å²) in [7, 11) is 0. The Bertz CT molecular complexity index is 744. The molecule has 0 bridgehead atoms. The highest BCUT2D eigenvalue weighted by atomic mass is 16.6. The van der Waals surface area contributed by atoms with E-state index in [1.807, 2.05) is 25.1 Å². The van der Waals surface area contributed by atoms with E-state index in [1.165, 1.54) is 5.56 Å². The maximum Gasteiger partial charge on any atom is 0.417 e. The van der Waals surface area contributed by atoms with E-state index < -0.39 is 11.7 Å². The lowest BCUT2D eigenvalue weighted by molar-refractivity contribution is -0.139. The van der Waals surface area contributed by atoms with Crippen LogP contribution in [-0.2, 0) is 20.9 Å². The third kappa shape index (κ3) is 4.70. The number of hydrogen-bond acceptors (Lipinski definition) is 5. The fourth-order valence-corrected chi connectivity index (χ4v) is 3.97. The van der Waals surface area contributed by atoms with E-state index in [1.54, 1.807) is 25.7 Å². The van der Waals surface area contributed by atoms with Crippen molar-refractivity contribution in [3.63, 3.8) is 0 Å². The maximum absolute atomic E-state index is 12.9. The van der Waals surface area contributed by atoms with Gasteiger partial charge in [-0.05, 0) is 33.3 Å². The first-order valence-corrected chi connectivity index (χ1v) is 9.75. The normalized spacial score (nSPS) is 24.0. The lowest BCUT2D eigenvalue weighted by Gasteiger charge is -2.44. The molecule has 0 N–H and O–H groups in total. The molecule has 2 fully saturated rings. The van der Waals surface area contributed by atoms with Gasteiger partial charge >= 0.3 is 6.09 Å². The van der Waals surface area contributed by atoms with Crippen LogP contribution in [0.15, 0.2) is 30.3 Å². The third-order valence-electron chi connectivity index (χ3n) is 5.02. The Hall–Kier alpha value is -2.41. The molecule has 0 aliphatic carbocycles. The molecule has 0 unspecified atom stereocenters. The van der Waals surface area contributed by atoms with Crippen molar-refractivity contribution in [2.24, 2.45) is 0 Å². The molecule has 0 spiro atoms. The predicted molar refractivity (Wildman–Crippen MR) is 104 cm³/mol. The second-order valence-corrected chi connectivity index (χ2v) is 8.65. The van der Waals surface area contributed by atoms with E-state index in [4.69, 9.17) is 4.74 Å². The molecule has 2 aliphatic heterocycles. The maximum atomic E-state index is 12.9. The number of imide groups is 1.